The Morgan fingerprint density at radius 3 is 2.37 bits per heavy atom. The molecule has 0 aliphatic carbocycles. The third-order valence-corrected chi connectivity index (χ3v) is 3.34. The van der Waals surface area contributed by atoms with Crippen LogP contribution in [-0.4, -0.2) is 0 Å². The lowest BCUT2D eigenvalue weighted by Gasteiger charge is -2.18. The van der Waals surface area contributed by atoms with E-state index in [-0.39, 0.29) is 23.7 Å². The summed E-state index contributed by atoms with van der Waals surface area (Å²) < 4.78 is 26.9. The first kappa shape index (κ1) is 15.3. The van der Waals surface area contributed by atoms with Crippen LogP contribution in [0.25, 0.3) is 0 Å². The minimum Gasteiger partial charge on any atom is -0.344 e. The van der Waals surface area contributed by atoms with Gasteiger partial charge in [-0.1, -0.05) is 31.2 Å². The van der Waals surface area contributed by atoms with Crippen molar-refractivity contribution in [3.63, 3.8) is 0 Å². The van der Waals surface area contributed by atoms with Crippen LogP contribution >= 0.6 is 0 Å². The lowest BCUT2D eigenvalue weighted by atomic mass is 9.86. The standard InChI is InChI=1S/C16H16F2.H3N/c1-3-14(12-6-4-7-13(17)10-12)15-8-5-9-16(18)11(15)2;/h4-10,14H,3H2,1-2H3;1H3. The van der Waals surface area contributed by atoms with Gasteiger partial charge >= 0.3 is 0 Å². The Morgan fingerprint density at radius 1 is 1.05 bits per heavy atom. The summed E-state index contributed by atoms with van der Waals surface area (Å²) in [5.41, 5.74) is 2.47. The van der Waals surface area contributed by atoms with E-state index < -0.39 is 0 Å². The topological polar surface area (TPSA) is 35.0 Å². The quantitative estimate of drug-likeness (QED) is 0.833. The maximum atomic E-state index is 13.6. The fourth-order valence-corrected chi connectivity index (χ4v) is 2.36. The first-order chi connectivity index (χ1) is 8.63. The van der Waals surface area contributed by atoms with Crippen molar-refractivity contribution in [3.05, 3.63) is 70.8 Å². The van der Waals surface area contributed by atoms with Crippen LogP contribution in [0.15, 0.2) is 42.5 Å². The lowest BCUT2D eigenvalue weighted by molar-refractivity contribution is 0.608. The monoisotopic (exact) mass is 263 g/mol. The summed E-state index contributed by atoms with van der Waals surface area (Å²) in [6, 6.07) is 11.6. The Morgan fingerprint density at radius 2 is 1.74 bits per heavy atom. The number of rotatable bonds is 3. The second kappa shape index (κ2) is 6.43. The van der Waals surface area contributed by atoms with E-state index in [2.05, 4.69) is 0 Å². The summed E-state index contributed by atoms with van der Waals surface area (Å²) >= 11 is 0. The Balaban J connectivity index is 0.00000180. The molecule has 19 heavy (non-hydrogen) atoms. The number of hydrogen-bond acceptors (Lipinski definition) is 1. The normalized spacial score (nSPS) is 11.8. The minimum absolute atomic E-state index is 0. The predicted molar refractivity (Wildman–Crippen MR) is 74.7 cm³/mol. The Hall–Kier alpha value is -1.74. The molecule has 1 atom stereocenters. The van der Waals surface area contributed by atoms with Crippen LogP contribution in [0.5, 0.6) is 0 Å². The zero-order valence-electron chi connectivity index (χ0n) is 11.3. The molecule has 2 rings (SSSR count). The fraction of sp³-hybridized carbons (Fsp3) is 0.250. The molecule has 2 aromatic carbocycles. The van der Waals surface area contributed by atoms with Crippen LogP contribution in [0, 0.1) is 18.6 Å². The van der Waals surface area contributed by atoms with Crippen LogP contribution in [0.4, 0.5) is 8.78 Å². The molecule has 0 fully saturated rings. The van der Waals surface area contributed by atoms with Crippen molar-refractivity contribution in [3.8, 4) is 0 Å². The van der Waals surface area contributed by atoms with Gasteiger partial charge in [0.1, 0.15) is 11.6 Å². The molecule has 3 heteroatoms. The summed E-state index contributed by atoms with van der Waals surface area (Å²) in [6.45, 7) is 3.80. The van der Waals surface area contributed by atoms with Gasteiger partial charge in [0.2, 0.25) is 0 Å². The molecule has 3 N–H and O–H groups in total. The van der Waals surface area contributed by atoms with E-state index in [1.807, 2.05) is 19.1 Å². The second-order valence-electron chi connectivity index (χ2n) is 4.47. The molecule has 0 radical (unpaired) electrons. The summed E-state index contributed by atoms with van der Waals surface area (Å²) in [6.07, 6.45) is 0.813. The molecule has 0 aliphatic heterocycles. The molecule has 1 nitrogen and oxygen atoms in total. The fourth-order valence-electron chi connectivity index (χ4n) is 2.36. The molecule has 0 bridgehead atoms. The van der Waals surface area contributed by atoms with E-state index in [0.717, 1.165) is 17.5 Å². The molecule has 102 valence electrons. The largest absolute Gasteiger partial charge is 0.344 e. The number of hydrogen-bond donors (Lipinski definition) is 1. The highest BCUT2D eigenvalue weighted by molar-refractivity contribution is 5.38. The number of benzene rings is 2. The van der Waals surface area contributed by atoms with Gasteiger partial charge in [-0.15, -0.1) is 0 Å². The summed E-state index contributed by atoms with van der Waals surface area (Å²) in [5, 5.41) is 0. The third kappa shape index (κ3) is 3.18. The molecule has 0 aromatic heterocycles. The van der Waals surface area contributed by atoms with Gasteiger partial charge in [-0.05, 0) is 48.2 Å². The zero-order valence-corrected chi connectivity index (χ0v) is 11.3. The van der Waals surface area contributed by atoms with E-state index in [4.69, 9.17) is 0 Å². The molecule has 2 aromatic rings. The summed E-state index contributed by atoms with van der Waals surface area (Å²) in [7, 11) is 0. The van der Waals surface area contributed by atoms with Gasteiger partial charge in [-0.2, -0.15) is 0 Å². The molecule has 1 unspecified atom stereocenters. The Bertz CT molecular complexity index is 552. The Labute approximate surface area is 112 Å². The maximum Gasteiger partial charge on any atom is 0.126 e. The Kier molecular flexibility index (Phi) is 5.19. The average Bonchev–Trinajstić information content (AvgIpc) is 2.35. The second-order valence-corrected chi connectivity index (χ2v) is 4.47. The van der Waals surface area contributed by atoms with Crippen molar-refractivity contribution >= 4 is 0 Å². The lowest BCUT2D eigenvalue weighted by Crippen LogP contribution is -2.03. The molecule has 0 spiro atoms. The SMILES string of the molecule is CCC(c1cccc(F)c1)c1cccc(F)c1C.N. The van der Waals surface area contributed by atoms with Crippen LogP contribution in [0.2, 0.25) is 0 Å². The first-order valence-electron chi connectivity index (χ1n) is 6.14. The van der Waals surface area contributed by atoms with Gasteiger partial charge < -0.3 is 6.15 Å². The van der Waals surface area contributed by atoms with Gasteiger partial charge in [0, 0.05) is 5.92 Å². The van der Waals surface area contributed by atoms with Gasteiger partial charge in [0.25, 0.3) is 0 Å². The van der Waals surface area contributed by atoms with Gasteiger partial charge in [-0.25, -0.2) is 8.78 Å². The van der Waals surface area contributed by atoms with Crippen molar-refractivity contribution in [2.75, 3.05) is 0 Å². The van der Waals surface area contributed by atoms with Crippen molar-refractivity contribution < 1.29 is 8.78 Å². The predicted octanol–water partition coefficient (Wildman–Crippen LogP) is 4.98. The highest BCUT2D eigenvalue weighted by atomic mass is 19.1. The highest BCUT2D eigenvalue weighted by Gasteiger charge is 2.16. The van der Waals surface area contributed by atoms with Crippen molar-refractivity contribution in [1.29, 1.82) is 0 Å². The maximum absolute atomic E-state index is 13.6. The number of halogens is 2. The molecule has 0 amide bonds. The third-order valence-electron chi connectivity index (χ3n) is 3.34. The van der Waals surface area contributed by atoms with Crippen LogP contribution in [0.1, 0.15) is 36.0 Å². The van der Waals surface area contributed by atoms with Crippen LogP contribution in [0.3, 0.4) is 0 Å². The molecular weight excluding hydrogens is 244 g/mol. The van der Waals surface area contributed by atoms with Crippen molar-refractivity contribution in [2.24, 2.45) is 0 Å². The van der Waals surface area contributed by atoms with Gasteiger partial charge in [-0.3, -0.25) is 0 Å². The first-order valence-corrected chi connectivity index (χ1v) is 6.14. The van der Waals surface area contributed by atoms with Gasteiger partial charge in [0.15, 0.2) is 0 Å². The average molecular weight is 263 g/mol. The van der Waals surface area contributed by atoms with E-state index >= 15 is 0 Å². The molecular formula is C16H19F2N. The van der Waals surface area contributed by atoms with E-state index in [1.54, 1.807) is 19.1 Å². The molecule has 0 heterocycles. The molecule has 0 saturated carbocycles. The van der Waals surface area contributed by atoms with E-state index in [1.165, 1.54) is 18.2 Å². The van der Waals surface area contributed by atoms with Crippen LogP contribution in [-0.2, 0) is 0 Å². The van der Waals surface area contributed by atoms with E-state index in [9.17, 15) is 8.78 Å². The van der Waals surface area contributed by atoms with Crippen LogP contribution < -0.4 is 6.15 Å². The van der Waals surface area contributed by atoms with E-state index in [0.29, 0.717) is 5.56 Å². The molecule has 0 aliphatic rings. The highest BCUT2D eigenvalue weighted by Crippen LogP contribution is 2.31. The summed E-state index contributed by atoms with van der Waals surface area (Å²) in [5.74, 6) is -0.418. The smallest absolute Gasteiger partial charge is 0.126 e. The minimum atomic E-state index is -0.250. The van der Waals surface area contributed by atoms with Crippen molar-refractivity contribution in [2.45, 2.75) is 26.2 Å². The summed E-state index contributed by atoms with van der Waals surface area (Å²) in [4.78, 5) is 0. The van der Waals surface area contributed by atoms with Crippen molar-refractivity contribution in [1.82, 2.24) is 6.15 Å². The van der Waals surface area contributed by atoms with Gasteiger partial charge in [0.05, 0.1) is 0 Å². The molecule has 0 saturated heterocycles. The zero-order chi connectivity index (χ0) is 13.1.